The molecule has 18 heavy (non-hydrogen) atoms. The van der Waals surface area contributed by atoms with Gasteiger partial charge in [-0.25, -0.2) is 0 Å². The first kappa shape index (κ1) is 13.0. The fourth-order valence-electron chi connectivity index (χ4n) is 1.83. The molecule has 2 atom stereocenters. The van der Waals surface area contributed by atoms with Gasteiger partial charge in [-0.1, -0.05) is 48.5 Å². The van der Waals surface area contributed by atoms with E-state index in [1.165, 1.54) is 0 Å². The van der Waals surface area contributed by atoms with Gasteiger partial charge in [0.1, 0.15) is 0 Å². The fourth-order valence-corrected chi connectivity index (χ4v) is 3.12. The first-order valence-corrected chi connectivity index (χ1v) is 7.13. The molecule has 3 heteroatoms. The van der Waals surface area contributed by atoms with Crippen LogP contribution in [0.4, 0.5) is 0 Å². The molecule has 0 heterocycles. The van der Waals surface area contributed by atoms with Crippen LogP contribution in [0.2, 0.25) is 0 Å². The van der Waals surface area contributed by atoms with Crippen molar-refractivity contribution < 1.29 is 9.32 Å². The summed E-state index contributed by atoms with van der Waals surface area (Å²) in [4.78, 5) is 0.771. The molecule has 0 amide bonds. The lowest BCUT2D eigenvalue weighted by Crippen LogP contribution is -2.22. The molecule has 2 rings (SSSR count). The van der Waals surface area contributed by atoms with Crippen LogP contribution in [0.5, 0.6) is 0 Å². The predicted molar refractivity (Wildman–Crippen MR) is 73.9 cm³/mol. The molecule has 94 valence electrons. The zero-order valence-corrected chi connectivity index (χ0v) is 10.8. The summed E-state index contributed by atoms with van der Waals surface area (Å²) in [5.41, 5.74) is 1.10. The van der Waals surface area contributed by atoms with Crippen molar-refractivity contribution in [2.75, 3.05) is 6.61 Å². The van der Waals surface area contributed by atoms with E-state index in [-0.39, 0.29) is 11.9 Å². The summed E-state index contributed by atoms with van der Waals surface area (Å²) in [6, 6.07) is 19.1. The van der Waals surface area contributed by atoms with Crippen LogP contribution < -0.4 is 0 Å². The van der Waals surface area contributed by atoms with Crippen molar-refractivity contribution in [2.24, 2.45) is 0 Å². The molecule has 1 unspecified atom stereocenters. The summed E-state index contributed by atoms with van der Waals surface area (Å²) < 4.78 is 12.3. The minimum Gasteiger partial charge on any atom is -0.395 e. The van der Waals surface area contributed by atoms with E-state index in [2.05, 4.69) is 0 Å². The Morgan fingerprint density at radius 2 is 1.50 bits per heavy atom. The number of hydrogen-bond donors (Lipinski definition) is 1. The first-order chi connectivity index (χ1) is 8.81. The van der Waals surface area contributed by atoms with Crippen LogP contribution in [0.25, 0.3) is 0 Å². The Hall–Kier alpha value is -1.45. The SMILES string of the molecule is O=S(c1ccccc1)[C@@H](CO)Cc1ccccc1. The number of aliphatic hydroxyl groups excluding tert-OH is 1. The van der Waals surface area contributed by atoms with Crippen molar-refractivity contribution >= 4 is 10.8 Å². The Morgan fingerprint density at radius 3 is 2.06 bits per heavy atom. The summed E-state index contributed by atoms with van der Waals surface area (Å²) >= 11 is 0. The maximum atomic E-state index is 12.3. The summed E-state index contributed by atoms with van der Waals surface area (Å²) in [6.07, 6.45) is 0.624. The van der Waals surface area contributed by atoms with Crippen molar-refractivity contribution in [1.29, 1.82) is 0 Å². The third-order valence-electron chi connectivity index (χ3n) is 2.79. The first-order valence-electron chi connectivity index (χ1n) is 5.91. The van der Waals surface area contributed by atoms with Crippen molar-refractivity contribution in [3.63, 3.8) is 0 Å². The molecule has 2 aromatic rings. The normalized spacial score (nSPS) is 14.1. The van der Waals surface area contributed by atoms with Gasteiger partial charge >= 0.3 is 0 Å². The van der Waals surface area contributed by atoms with Crippen LogP contribution in [-0.2, 0) is 17.2 Å². The molecule has 0 fully saturated rings. The second kappa shape index (κ2) is 6.47. The smallest absolute Gasteiger partial charge is 0.0665 e. The number of rotatable bonds is 5. The highest BCUT2D eigenvalue weighted by Crippen LogP contribution is 2.15. The minimum absolute atomic E-state index is 0.0730. The number of aliphatic hydroxyl groups is 1. The molecule has 1 N–H and O–H groups in total. The number of hydrogen-bond acceptors (Lipinski definition) is 2. The Morgan fingerprint density at radius 1 is 0.944 bits per heavy atom. The van der Waals surface area contributed by atoms with Crippen molar-refractivity contribution in [1.82, 2.24) is 0 Å². The lowest BCUT2D eigenvalue weighted by Gasteiger charge is -2.14. The molecule has 0 aliphatic rings. The highest BCUT2D eigenvalue weighted by molar-refractivity contribution is 7.85. The minimum atomic E-state index is -1.17. The molecule has 0 aromatic heterocycles. The highest BCUT2D eigenvalue weighted by atomic mass is 32.2. The molecule has 0 radical (unpaired) electrons. The molecule has 0 bridgehead atoms. The van der Waals surface area contributed by atoms with Crippen LogP contribution in [0.1, 0.15) is 5.56 Å². The zero-order valence-electron chi connectivity index (χ0n) is 10.0. The van der Waals surface area contributed by atoms with E-state index in [1.54, 1.807) is 0 Å². The molecule has 0 saturated heterocycles. The monoisotopic (exact) mass is 260 g/mol. The Bertz CT molecular complexity index is 496. The Kier molecular flexibility index (Phi) is 4.67. The van der Waals surface area contributed by atoms with Gasteiger partial charge in [0, 0.05) is 4.90 Å². The van der Waals surface area contributed by atoms with Gasteiger partial charge in [0.2, 0.25) is 0 Å². The van der Waals surface area contributed by atoms with Crippen LogP contribution >= 0.6 is 0 Å². The largest absolute Gasteiger partial charge is 0.395 e. The molecule has 0 aliphatic heterocycles. The van der Waals surface area contributed by atoms with Gasteiger partial charge in [-0.3, -0.25) is 4.21 Å². The van der Waals surface area contributed by atoms with Crippen LogP contribution in [-0.4, -0.2) is 21.2 Å². The molecular formula is C15H16O2S. The van der Waals surface area contributed by atoms with E-state index in [4.69, 9.17) is 0 Å². The third-order valence-corrected chi connectivity index (χ3v) is 4.45. The van der Waals surface area contributed by atoms with E-state index >= 15 is 0 Å². The van der Waals surface area contributed by atoms with Crippen molar-refractivity contribution in [3.8, 4) is 0 Å². The average Bonchev–Trinajstić information content (AvgIpc) is 2.46. The van der Waals surface area contributed by atoms with E-state index in [0.29, 0.717) is 6.42 Å². The standard InChI is InChI=1S/C15H16O2S/c16-12-15(11-13-7-3-1-4-8-13)18(17)14-9-5-2-6-10-14/h1-10,15-16H,11-12H2/t15-,18?/m1/s1. The molecule has 0 saturated carbocycles. The van der Waals surface area contributed by atoms with Gasteiger partial charge in [0.15, 0.2) is 0 Å². The van der Waals surface area contributed by atoms with Crippen molar-refractivity contribution in [2.45, 2.75) is 16.6 Å². The maximum Gasteiger partial charge on any atom is 0.0665 e. The van der Waals surface area contributed by atoms with Gasteiger partial charge in [-0.15, -0.1) is 0 Å². The summed E-state index contributed by atoms with van der Waals surface area (Å²) in [6.45, 7) is -0.0730. The van der Waals surface area contributed by atoms with Gasteiger partial charge < -0.3 is 5.11 Å². The van der Waals surface area contributed by atoms with E-state index in [1.807, 2.05) is 60.7 Å². The quantitative estimate of drug-likeness (QED) is 0.896. The molecular weight excluding hydrogens is 244 g/mol. The lowest BCUT2D eigenvalue weighted by molar-refractivity contribution is 0.292. The average molecular weight is 260 g/mol. The maximum absolute atomic E-state index is 12.3. The fraction of sp³-hybridized carbons (Fsp3) is 0.200. The summed E-state index contributed by atoms with van der Waals surface area (Å²) in [5.74, 6) is 0. The second-order valence-corrected chi connectivity index (χ2v) is 5.84. The second-order valence-electron chi connectivity index (χ2n) is 4.10. The van der Waals surface area contributed by atoms with E-state index in [0.717, 1.165) is 10.5 Å². The molecule has 2 aromatic carbocycles. The highest BCUT2D eigenvalue weighted by Gasteiger charge is 2.17. The van der Waals surface area contributed by atoms with Crippen molar-refractivity contribution in [3.05, 3.63) is 66.2 Å². The van der Waals surface area contributed by atoms with Crippen LogP contribution in [0, 0.1) is 0 Å². The molecule has 0 spiro atoms. The predicted octanol–water partition coefficient (Wildman–Crippen LogP) is 2.40. The van der Waals surface area contributed by atoms with Crippen LogP contribution in [0.15, 0.2) is 65.6 Å². The number of benzene rings is 2. The van der Waals surface area contributed by atoms with Gasteiger partial charge in [0.05, 0.1) is 22.7 Å². The Balaban J connectivity index is 2.12. The van der Waals surface area contributed by atoms with E-state index in [9.17, 15) is 9.32 Å². The zero-order chi connectivity index (χ0) is 12.8. The summed E-state index contributed by atoms with van der Waals surface area (Å²) in [5, 5.41) is 9.17. The van der Waals surface area contributed by atoms with Gasteiger partial charge in [-0.05, 0) is 24.1 Å². The topological polar surface area (TPSA) is 37.3 Å². The third kappa shape index (κ3) is 3.28. The van der Waals surface area contributed by atoms with E-state index < -0.39 is 10.8 Å². The summed E-state index contributed by atoms with van der Waals surface area (Å²) in [7, 11) is -1.17. The van der Waals surface area contributed by atoms with Crippen LogP contribution in [0.3, 0.4) is 0 Å². The van der Waals surface area contributed by atoms with Gasteiger partial charge in [-0.2, -0.15) is 0 Å². The van der Waals surface area contributed by atoms with Gasteiger partial charge in [0.25, 0.3) is 0 Å². The molecule has 2 nitrogen and oxygen atoms in total. The lowest BCUT2D eigenvalue weighted by atomic mass is 10.1. The molecule has 0 aliphatic carbocycles. The Labute approximate surface area is 110 Å².